The number of rotatable bonds is 3. The van der Waals surface area contributed by atoms with Crippen molar-refractivity contribution in [1.82, 2.24) is 5.32 Å². The second kappa shape index (κ2) is 8.13. The van der Waals surface area contributed by atoms with Crippen LogP contribution in [0.15, 0.2) is 78.9 Å². The smallest absolute Gasteiger partial charge is 0.251 e. The third-order valence-electron chi connectivity index (χ3n) is 3.99. The zero-order valence-corrected chi connectivity index (χ0v) is 14.4. The van der Waals surface area contributed by atoms with E-state index in [1.807, 2.05) is 49.4 Å². The van der Waals surface area contributed by atoms with E-state index in [0.717, 1.165) is 16.7 Å². The molecule has 26 heavy (non-hydrogen) atoms. The van der Waals surface area contributed by atoms with Crippen LogP contribution in [0.3, 0.4) is 0 Å². The molecule has 0 aliphatic heterocycles. The van der Waals surface area contributed by atoms with Crippen LogP contribution < -0.4 is 5.32 Å². The van der Waals surface area contributed by atoms with Gasteiger partial charge in [-0.25, -0.2) is 4.39 Å². The van der Waals surface area contributed by atoms with E-state index in [-0.39, 0.29) is 17.8 Å². The van der Waals surface area contributed by atoms with Crippen molar-refractivity contribution in [1.29, 1.82) is 0 Å². The van der Waals surface area contributed by atoms with E-state index in [9.17, 15) is 9.18 Å². The van der Waals surface area contributed by atoms with E-state index < -0.39 is 0 Å². The Morgan fingerprint density at radius 2 is 1.42 bits per heavy atom. The average molecular weight is 343 g/mol. The molecule has 0 saturated heterocycles. The van der Waals surface area contributed by atoms with Crippen molar-refractivity contribution in [2.45, 2.75) is 13.0 Å². The van der Waals surface area contributed by atoms with Crippen LogP contribution >= 0.6 is 0 Å². The van der Waals surface area contributed by atoms with Crippen molar-refractivity contribution in [3.8, 4) is 11.8 Å². The molecule has 1 amide bonds. The summed E-state index contributed by atoms with van der Waals surface area (Å²) in [7, 11) is 0. The highest BCUT2D eigenvalue weighted by molar-refractivity contribution is 5.94. The summed E-state index contributed by atoms with van der Waals surface area (Å²) in [5.41, 5.74) is 3.20. The normalized spacial score (nSPS) is 11.2. The third kappa shape index (κ3) is 4.58. The second-order valence-corrected chi connectivity index (χ2v) is 5.94. The molecule has 0 aliphatic carbocycles. The quantitative estimate of drug-likeness (QED) is 0.685. The highest BCUT2D eigenvalue weighted by atomic mass is 19.1. The number of halogens is 1. The first-order chi connectivity index (χ1) is 12.6. The second-order valence-electron chi connectivity index (χ2n) is 5.94. The van der Waals surface area contributed by atoms with E-state index in [1.165, 1.54) is 12.1 Å². The molecule has 1 N–H and O–H groups in total. The summed E-state index contributed by atoms with van der Waals surface area (Å²) >= 11 is 0. The maximum Gasteiger partial charge on any atom is 0.251 e. The Bertz CT molecular complexity index is 935. The average Bonchev–Trinajstić information content (AvgIpc) is 2.68. The Morgan fingerprint density at radius 1 is 0.846 bits per heavy atom. The molecule has 0 heterocycles. The van der Waals surface area contributed by atoms with Crippen LogP contribution in [0.2, 0.25) is 0 Å². The van der Waals surface area contributed by atoms with Gasteiger partial charge in [0, 0.05) is 16.7 Å². The Balaban J connectivity index is 1.65. The fraction of sp³-hybridized carbons (Fsp3) is 0.0870. The molecule has 0 radical (unpaired) electrons. The van der Waals surface area contributed by atoms with E-state index >= 15 is 0 Å². The van der Waals surface area contributed by atoms with Crippen LogP contribution in [0, 0.1) is 17.7 Å². The summed E-state index contributed by atoms with van der Waals surface area (Å²) < 4.78 is 13.0. The van der Waals surface area contributed by atoms with Crippen LogP contribution in [0.1, 0.15) is 40.0 Å². The van der Waals surface area contributed by atoms with Gasteiger partial charge in [0.05, 0.1) is 6.04 Å². The van der Waals surface area contributed by atoms with Gasteiger partial charge in [-0.05, 0) is 61.0 Å². The van der Waals surface area contributed by atoms with Crippen LogP contribution in [0.5, 0.6) is 0 Å². The largest absolute Gasteiger partial charge is 0.346 e. The molecule has 0 bridgehead atoms. The molecule has 0 aromatic heterocycles. The number of carbonyl (C=O) groups excluding carboxylic acids is 1. The summed E-state index contributed by atoms with van der Waals surface area (Å²) in [5, 5.41) is 2.91. The predicted molar refractivity (Wildman–Crippen MR) is 101 cm³/mol. The van der Waals surface area contributed by atoms with Gasteiger partial charge in [0.2, 0.25) is 0 Å². The monoisotopic (exact) mass is 343 g/mol. The molecule has 0 aliphatic rings. The lowest BCUT2D eigenvalue weighted by molar-refractivity contribution is 0.0940. The van der Waals surface area contributed by atoms with E-state index in [0.29, 0.717) is 5.56 Å². The molecule has 3 aromatic rings. The molecule has 0 spiro atoms. The number of nitrogens with one attached hydrogen (secondary N) is 1. The van der Waals surface area contributed by atoms with Gasteiger partial charge in [-0.2, -0.15) is 0 Å². The van der Waals surface area contributed by atoms with Crippen molar-refractivity contribution in [3.05, 3.63) is 107 Å². The first-order valence-corrected chi connectivity index (χ1v) is 8.35. The van der Waals surface area contributed by atoms with Crippen LogP contribution in [0.25, 0.3) is 0 Å². The topological polar surface area (TPSA) is 29.1 Å². The Hall–Kier alpha value is -3.38. The molecule has 3 aromatic carbocycles. The van der Waals surface area contributed by atoms with Gasteiger partial charge >= 0.3 is 0 Å². The molecule has 3 rings (SSSR count). The minimum Gasteiger partial charge on any atom is -0.346 e. The van der Waals surface area contributed by atoms with Crippen molar-refractivity contribution >= 4 is 5.91 Å². The fourth-order valence-corrected chi connectivity index (χ4v) is 2.49. The SMILES string of the molecule is C[C@@H](NC(=O)c1ccc(C#Cc2ccccc2)cc1)c1ccc(F)cc1. The number of hydrogen-bond acceptors (Lipinski definition) is 1. The molecule has 2 nitrogen and oxygen atoms in total. The van der Waals surface area contributed by atoms with E-state index in [4.69, 9.17) is 0 Å². The van der Waals surface area contributed by atoms with Crippen LogP contribution in [-0.2, 0) is 0 Å². The molecular weight excluding hydrogens is 325 g/mol. The van der Waals surface area contributed by atoms with Crippen molar-refractivity contribution in [2.24, 2.45) is 0 Å². The van der Waals surface area contributed by atoms with Gasteiger partial charge in [0.1, 0.15) is 5.82 Å². The van der Waals surface area contributed by atoms with E-state index in [2.05, 4.69) is 17.2 Å². The summed E-state index contributed by atoms with van der Waals surface area (Å²) in [4.78, 5) is 12.4. The number of hydrogen-bond donors (Lipinski definition) is 1. The lowest BCUT2D eigenvalue weighted by Crippen LogP contribution is -2.26. The summed E-state index contributed by atoms with van der Waals surface area (Å²) in [6.45, 7) is 1.87. The van der Waals surface area contributed by atoms with Gasteiger partial charge in [-0.15, -0.1) is 0 Å². The first-order valence-electron chi connectivity index (χ1n) is 8.35. The summed E-state index contributed by atoms with van der Waals surface area (Å²) in [6.07, 6.45) is 0. The first kappa shape index (κ1) is 17.4. The standard InChI is InChI=1S/C23H18FNO/c1-17(20-13-15-22(24)16-14-20)25-23(26)21-11-9-19(10-12-21)8-7-18-5-3-2-4-6-18/h2-6,9-17H,1H3,(H,25,26)/t17-/m1/s1. The predicted octanol–water partition coefficient (Wildman–Crippen LogP) is 4.72. The van der Waals surface area contributed by atoms with Crippen LogP contribution in [-0.4, -0.2) is 5.91 Å². The Morgan fingerprint density at radius 3 is 2.04 bits per heavy atom. The number of carbonyl (C=O) groups is 1. The third-order valence-corrected chi connectivity index (χ3v) is 3.99. The molecular formula is C23H18FNO. The molecule has 128 valence electrons. The fourth-order valence-electron chi connectivity index (χ4n) is 2.49. The minimum atomic E-state index is -0.292. The van der Waals surface area contributed by atoms with Gasteiger partial charge in [-0.3, -0.25) is 4.79 Å². The highest BCUT2D eigenvalue weighted by Gasteiger charge is 2.11. The summed E-state index contributed by atoms with van der Waals surface area (Å²) in [5.74, 6) is 5.70. The Kier molecular flexibility index (Phi) is 5.46. The zero-order valence-electron chi connectivity index (χ0n) is 14.4. The maximum atomic E-state index is 13.0. The van der Waals surface area contributed by atoms with Crippen molar-refractivity contribution in [2.75, 3.05) is 0 Å². The molecule has 0 unspecified atom stereocenters. The van der Waals surface area contributed by atoms with Crippen LogP contribution in [0.4, 0.5) is 4.39 Å². The number of benzene rings is 3. The molecule has 0 saturated carbocycles. The van der Waals surface area contributed by atoms with Gasteiger partial charge in [-0.1, -0.05) is 42.2 Å². The van der Waals surface area contributed by atoms with Crippen molar-refractivity contribution < 1.29 is 9.18 Å². The summed E-state index contributed by atoms with van der Waals surface area (Å²) in [6, 6.07) is 22.8. The maximum absolute atomic E-state index is 13.0. The lowest BCUT2D eigenvalue weighted by Gasteiger charge is -2.14. The van der Waals surface area contributed by atoms with E-state index in [1.54, 1.807) is 24.3 Å². The van der Waals surface area contributed by atoms with Gasteiger partial charge in [0.15, 0.2) is 0 Å². The Labute approximate surface area is 152 Å². The number of amides is 1. The lowest BCUT2D eigenvalue weighted by atomic mass is 10.1. The molecule has 0 fully saturated rings. The molecule has 3 heteroatoms. The zero-order chi connectivity index (χ0) is 18.4. The van der Waals surface area contributed by atoms with Crippen molar-refractivity contribution in [3.63, 3.8) is 0 Å². The highest BCUT2D eigenvalue weighted by Crippen LogP contribution is 2.14. The molecule has 1 atom stereocenters. The minimum absolute atomic E-state index is 0.176. The van der Waals surface area contributed by atoms with Gasteiger partial charge < -0.3 is 5.32 Å². The van der Waals surface area contributed by atoms with Gasteiger partial charge in [0.25, 0.3) is 5.91 Å².